The van der Waals surface area contributed by atoms with Gasteiger partial charge < -0.3 is 14.2 Å². The molecule has 1 fully saturated rings. The molecule has 1 aliphatic rings. The first-order chi connectivity index (χ1) is 9.73. The van der Waals surface area contributed by atoms with Crippen LogP contribution in [0.5, 0.6) is 5.75 Å². The molecule has 0 unspecified atom stereocenters. The standard InChI is InChI=1S/C14H12BrIO5/c1-14(2)20-12(17)8(13(18)21-14)4-7-5-9(15)11(19-3)6-10(7)16/h4-6H,1-3H3. The maximum atomic E-state index is 11.9. The Morgan fingerprint density at radius 2 is 1.81 bits per heavy atom. The van der Waals surface area contributed by atoms with E-state index in [1.807, 2.05) is 0 Å². The average Bonchev–Trinajstić information content (AvgIpc) is 2.36. The topological polar surface area (TPSA) is 61.8 Å². The van der Waals surface area contributed by atoms with E-state index in [0.29, 0.717) is 11.3 Å². The lowest BCUT2D eigenvalue weighted by atomic mass is 10.1. The third-order valence-electron chi connectivity index (χ3n) is 2.69. The van der Waals surface area contributed by atoms with E-state index in [1.165, 1.54) is 19.9 Å². The van der Waals surface area contributed by atoms with Crippen LogP contribution in [0.3, 0.4) is 0 Å². The second kappa shape index (κ2) is 5.96. The quantitative estimate of drug-likeness (QED) is 0.290. The van der Waals surface area contributed by atoms with Crippen molar-refractivity contribution in [2.45, 2.75) is 19.6 Å². The Morgan fingerprint density at radius 1 is 1.24 bits per heavy atom. The average molecular weight is 467 g/mol. The minimum atomic E-state index is -1.24. The van der Waals surface area contributed by atoms with Crippen molar-refractivity contribution in [2.24, 2.45) is 0 Å². The van der Waals surface area contributed by atoms with Gasteiger partial charge in [-0.1, -0.05) is 0 Å². The summed E-state index contributed by atoms with van der Waals surface area (Å²) in [6, 6.07) is 3.55. The lowest BCUT2D eigenvalue weighted by Gasteiger charge is -2.29. The molecule has 0 aliphatic carbocycles. The molecule has 0 N–H and O–H groups in total. The largest absolute Gasteiger partial charge is 0.496 e. The van der Waals surface area contributed by atoms with Gasteiger partial charge in [0.2, 0.25) is 0 Å². The van der Waals surface area contributed by atoms with Crippen molar-refractivity contribution in [1.29, 1.82) is 0 Å². The van der Waals surface area contributed by atoms with Gasteiger partial charge in [0.25, 0.3) is 5.79 Å². The zero-order chi connectivity index (χ0) is 15.8. The van der Waals surface area contributed by atoms with E-state index in [0.717, 1.165) is 8.04 Å². The van der Waals surface area contributed by atoms with Crippen molar-refractivity contribution >= 4 is 56.5 Å². The molecule has 0 atom stereocenters. The van der Waals surface area contributed by atoms with Gasteiger partial charge >= 0.3 is 11.9 Å². The zero-order valence-electron chi connectivity index (χ0n) is 11.5. The molecule has 1 saturated heterocycles. The second-order valence-corrected chi connectivity index (χ2v) is 6.76. The maximum Gasteiger partial charge on any atom is 0.348 e. The monoisotopic (exact) mass is 466 g/mol. The fraction of sp³-hybridized carbons (Fsp3) is 0.286. The molecule has 112 valence electrons. The van der Waals surface area contributed by atoms with E-state index in [9.17, 15) is 9.59 Å². The number of carbonyl (C=O) groups is 2. The number of hydrogen-bond acceptors (Lipinski definition) is 5. The predicted octanol–water partition coefficient (Wildman–Crippen LogP) is 3.28. The number of halogens is 2. The molecule has 0 amide bonds. The summed E-state index contributed by atoms with van der Waals surface area (Å²) >= 11 is 5.46. The number of methoxy groups -OCH3 is 1. The molecule has 5 nitrogen and oxygen atoms in total. The zero-order valence-corrected chi connectivity index (χ0v) is 15.3. The number of ether oxygens (including phenoxy) is 3. The smallest absolute Gasteiger partial charge is 0.348 e. The molecule has 0 aromatic heterocycles. The third-order valence-corrected chi connectivity index (χ3v) is 4.24. The Hall–Kier alpha value is -1.09. The maximum absolute atomic E-state index is 11.9. The molecule has 1 aliphatic heterocycles. The van der Waals surface area contributed by atoms with E-state index >= 15 is 0 Å². The fourth-order valence-electron chi connectivity index (χ4n) is 1.74. The Morgan fingerprint density at radius 3 is 2.33 bits per heavy atom. The summed E-state index contributed by atoms with van der Waals surface area (Å²) < 4.78 is 16.8. The lowest BCUT2D eigenvalue weighted by Crippen LogP contribution is -2.41. The van der Waals surface area contributed by atoms with Crippen molar-refractivity contribution in [3.63, 3.8) is 0 Å². The molecule has 1 heterocycles. The molecule has 21 heavy (non-hydrogen) atoms. The van der Waals surface area contributed by atoms with Gasteiger partial charge in [-0.05, 0) is 62.3 Å². The van der Waals surface area contributed by atoms with Crippen molar-refractivity contribution in [2.75, 3.05) is 7.11 Å². The third kappa shape index (κ3) is 3.57. The van der Waals surface area contributed by atoms with Gasteiger partial charge in [-0.25, -0.2) is 9.59 Å². The molecule has 7 heteroatoms. The molecule has 1 aromatic rings. The molecule has 0 spiro atoms. The Labute approximate surface area is 143 Å². The highest BCUT2D eigenvalue weighted by atomic mass is 127. The summed E-state index contributed by atoms with van der Waals surface area (Å²) in [5.74, 6) is -1.96. The van der Waals surface area contributed by atoms with E-state index in [-0.39, 0.29) is 5.57 Å². The van der Waals surface area contributed by atoms with Crippen molar-refractivity contribution in [3.05, 3.63) is 31.3 Å². The Bertz CT molecular complexity index is 629. The van der Waals surface area contributed by atoms with E-state index in [1.54, 1.807) is 19.2 Å². The molecule has 2 rings (SSSR count). The van der Waals surface area contributed by atoms with Gasteiger partial charge in [-0.15, -0.1) is 0 Å². The summed E-state index contributed by atoms with van der Waals surface area (Å²) in [5.41, 5.74) is 0.552. The van der Waals surface area contributed by atoms with Gasteiger partial charge in [-0.2, -0.15) is 0 Å². The van der Waals surface area contributed by atoms with Gasteiger partial charge in [0.15, 0.2) is 0 Å². The summed E-state index contributed by atoms with van der Waals surface area (Å²) in [5, 5.41) is 0. The first-order valence-electron chi connectivity index (χ1n) is 5.95. The number of hydrogen-bond donors (Lipinski definition) is 0. The van der Waals surface area contributed by atoms with Gasteiger partial charge in [0.1, 0.15) is 11.3 Å². The normalized spacial score (nSPS) is 17.1. The molecule has 1 aromatic carbocycles. The molecular weight excluding hydrogens is 455 g/mol. The van der Waals surface area contributed by atoms with Crippen molar-refractivity contribution in [3.8, 4) is 5.75 Å². The highest BCUT2D eigenvalue weighted by Crippen LogP contribution is 2.32. The first-order valence-corrected chi connectivity index (χ1v) is 7.82. The van der Waals surface area contributed by atoms with E-state index < -0.39 is 17.7 Å². The molecule has 0 saturated carbocycles. The first kappa shape index (κ1) is 16.3. The van der Waals surface area contributed by atoms with Crippen molar-refractivity contribution in [1.82, 2.24) is 0 Å². The highest BCUT2D eigenvalue weighted by molar-refractivity contribution is 14.1. The molecule has 0 radical (unpaired) electrons. The van der Waals surface area contributed by atoms with Crippen LogP contribution in [0.4, 0.5) is 0 Å². The SMILES string of the molecule is COc1cc(I)c(C=C2C(=O)OC(C)(C)OC2=O)cc1Br. The number of benzene rings is 1. The van der Waals surface area contributed by atoms with Gasteiger partial charge in [0.05, 0.1) is 11.6 Å². The van der Waals surface area contributed by atoms with Crippen LogP contribution in [0.2, 0.25) is 0 Å². The lowest BCUT2D eigenvalue weighted by molar-refractivity contribution is -0.222. The fourth-order valence-corrected chi connectivity index (χ4v) is 2.86. The number of carbonyl (C=O) groups excluding carboxylic acids is 2. The van der Waals surface area contributed by atoms with Crippen LogP contribution in [0.15, 0.2) is 22.2 Å². The molecule has 0 bridgehead atoms. The number of rotatable bonds is 2. The Kier molecular flexibility index (Phi) is 4.62. The summed E-state index contributed by atoms with van der Waals surface area (Å²) in [7, 11) is 1.56. The highest BCUT2D eigenvalue weighted by Gasteiger charge is 2.38. The second-order valence-electron chi connectivity index (χ2n) is 4.75. The van der Waals surface area contributed by atoms with Crippen LogP contribution in [0.1, 0.15) is 19.4 Å². The van der Waals surface area contributed by atoms with Crippen LogP contribution in [0.25, 0.3) is 6.08 Å². The predicted molar refractivity (Wildman–Crippen MR) is 87.7 cm³/mol. The van der Waals surface area contributed by atoms with E-state index in [2.05, 4.69) is 38.5 Å². The van der Waals surface area contributed by atoms with Crippen LogP contribution in [-0.2, 0) is 19.1 Å². The van der Waals surface area contributed by atoms with Crippen LogP contribution < -0.4 is 4.74 Å². The minimum Gasteiger partial charge on any atom is -0.496 e. The summed E-state index contributed by atoms with van der Waals surface area (Å²) in [6.45, 7) is 3.01. The van der Waals surface area contributed by atoms with Crippen LogP contribution in [0, 0.1) is 3.57 Å². The molecular formula is C14H12BrIO5. The summed E-state index contributed by atoms with van der Waals surface area (Å²) in [6.07, 6.45) is 1.45. The Balaban J connectivity index is 2.42. The summed E-state index contributed by atoms with van der Waals surface area (Å²) in [4.78, 5) is 23.8. The van der Waals surface area contributed by atoms with Gasteiger partial charge in [-0.3, -0.25) is 0 Å². The number of esters is 2. The van der Waals surface area contributed by atoms with Crippen LogP contribution in [-0.4, -0.2) is 24.8 Å². The van der Waals surface area contributed by atoms with E-state index in [4.69, 9.17) is 14.2 Å². The van der Waals surface area contributed by atoms with Crippen LogP contribution >= 0.6 is 38.5 Å². The minimum absolute atomic E-state index is 0.135. The van der Waals surface area contributed by atoms with Crippen molar-refractivity contribution < 1.29 is 23.8 Å². The number of cyclic esters (lactones) is 2. The van der Waals surface area contributed by atoms with Gasteiger partial charge in [0, 0.05) is 17.4 Å².